The van der Waals surface area contributed by atoms with E-state index < -0.39 is 7.82 Å². The Balaban J connectivity index is 3.88. The SMILES string of the molecule is CCCCCCCCCCCCCCCCOP(=O)(OCCCCCCCCCCCCCCCC)OCC[N+](C)(C)C. The second kappa shape index (κ2) is 32.0. The average Bonchev–Trinajstić information content (AvgIpc) is 2.96. The number of nitrogens with zero attached hydrogens (tertiary/aromatic N) is 1. The fourth-order valence-electron chi connectivity index (χ4n) is 5.48. The zero-order valence-electron chi connectivity index (χ0n) is 30.2. The number of likely N-dealkylation sites (N-methyl/N-ethyl adjacent to an activating group) is 1. The highest BCUT2D eigenvalue weighted by molar-refractivity contribution is 7.48. The monoisotopic (exact) mass is 633 g/mol. The Morgan fingerprint density at radius 1 is 0.372 bits per heavy atom. The lowest BCUT2D eigenvalue weighted by molar-refractivity contribution is -0.870. The van der Waals surface area contributed by atoms with Crippen LogP contribution in [0.25, 0.3) is 0 Å². The standard InChI is InChI=1S/C37H79NO4P/c1-6-8-10-12-14-16-18-20-22-24-26-28-30-32-35-40-43(39,42-37-34-38(3,4)5)41-36-33-31-29-27-25-23-21-19-17-15-13-11-9-7-2/h6-37H2,1-5H3/q+1. The van der Waals surface area contributed by atoms with Gasteiger partial charge in [0.2, 0.25) is 0 Å². The highest BCUT2D eigenvalue weighted by Gasteiger charge is 2.27. The molecule has 0 unspecified atom stereocenters. The number of unbranched alkanes of at least 4 members (excludes halogenated alkanes) is 26. The number of hydrogen-bond donors (Lipinski definition) is 0. The van der Waals surface area contributed by atoms with Crippen molar-refractivity contribution in [1.82, 2.24) is 0 Å². The van der Waals surface area contributed by atoms with Crippen LogP contribution < -0.4 is 0 Å². The summed E-state index contributed by atoms with van der Waals surface area (Å²) in [5, 5.41) is 0. The summed E-state index contributed by atoms with van der Waals surface area (Å²) >= 11 is 0. The van der Waals surface area contributed by atoms with Crippen molar-refractivity contribution >= 4 is 7.82 Å². The summed E-state index contributed by atoms with van der Waals surface area (Å²) < 4.78 is 31.3. The number of phosphoric acid groups is 1. The summed E-state index contributed by atoms with van der Waals surface area (Å²) in [6.45, 7) is 6.64. The van der Waals surface area contributed by atoms with Crippen LogP contribution in [0.2, 0.25) is 0 Å². The summed E-state index contributed by atoms with van der Waals surface area (Å²) in [6.07, 6.45) is 37.0. The first-order chi connectivity index (χ1) is 20.8. The molecule has 0 amide bonds. The summed E-state index contributed by atoms with van der Waals surface area (Å²) in [7, 11) is 2.84. The molecule has 260 valence electrons. The number of hydrogen-bond acceptors (Lipinski definition) is 4. The maximum absolute atomic E-state index is 13.3. The zero-order valence-corrected chi connectivity index (χ0v) is 31.0. The molecule has 0 aromatic heterocycles. The van der Waals surface area contributed by atoms with E-state index >= 15 is 0 Å². The first kappa shape index (κ1) is 43.1. The van der Waals surface area contributed by atoms with E-state index in [1.54, 1.807) is 0 Å². The van der Waals surface area contributed by atoms with E-state index in [1.807, 2.05) is 0 Å². The molecule has 0 N–H and O–H groups in total. The third kappa shape index (κ3) is 34.8. The summed E-state index contributed by atoms with van der Waals surface area (Å²) in [5.41, 5.74) is 0. The fourth-order valence-corrected chi connectivity index (χ4v) is 6.72. The maximum Gasteiger partial charge on any atom is 0.474 e. The molecule has 0 aliphatic heterocycles. The number of rotatable bonds is 36. The van der Waals surface area contributed by atoms with E-state index in [4.69, 9.17) is 13.6 Å². The Bertz CT molecular complexity index is 558. The van der Waals surface area contributed by atoms with E-state index in [0.717, 1.165) is 36.7 Å². The van der Waals surface area contributed by atoms with Crippen LogP contribution in [0.15, 0.2) is 0 Å². The van der Waals surface area contributed by atoms with Gasteiger partial charge in [0.05, 0.1) is 34.4 Å². The van der Waals surface area contributed by atoms with Crippen LogP contribution in [0.3, 0.4) is 0 Å². The molecule has 0 bridgehead atoms. The Labute approximate surface area is 271 Å². The molecule has 0 aromatic carbocycles. The van der Waals surface area contributed by atoms with Crippen molar-refractivity contribution in [3.8, 4) is 0 Å². The minimum Gasteiger partial charge on any atom is -0.329 e. The van der Waals surface area contributed by atoms with E-state index in [-0.39, 0.29) is 0 Å². The van der Waals surface area contributed by atoms with Crippen LogP contribution in [0, 0.1) is 0 Å². The molecule has 0 saturated carbocycles. The molecule has 0 aliphatic carbocycles. The van der Waals surface area contributed by atoms with Crippen molar-refractivity contribution in [2.45, 2.75) is 194 Å². The van der Waals surface area contributed by atoms with Crippen molar-refractivity contribution in [1.29, 1.82) is 0 Å². The topological polar surface area (TPSA) is 44.8 Å². The third-order valence-corrected chi connectivity index (χ3v) is 10.0. The highest BCUT2D eigenvalue weighted by atomic mass is 31.2. The Hall–Kier alpha value is 0.0700. The molecule has 0 rings (SSSR count). The molecular weight excluding hydrogens is 553 g/mol. The molecule has 0 spiro atoms. The van der Waals surface area contributed by atoms with Gasteiger partial charge < -0.3 is 4.48 Å². The Kier molecular flexibility index (Phi) is 32.1. The van der Waals surface area contributed by atoms with Crippen molar-refractivity contribution < 1.29 is 22.6 Å². The molecule has 0 aromatic rings. The van der Waals surface area contributed by atoms with Gasteiger partial charge in [-0.05, 0) is 12.8 Å². The molecule has 0 radical (unpaired) electrons. The molecule has 0 saturated heterocycles. The second-order valence-corrected chi connectivity index (χ2v) is 15.8. The third-order valence-electron chi connectivity index (χ3n) is 8.51. The minimum absolute atomic E-state index is 0.387. The van der Waals surface area contributed by atoms with Crippen molar-refractivity contribution in [2.75, 3.05) is 47.5 Å². The summed E-state index contributed by atoms with van der Waals surface area (Å²) in [6, 6.07) is 0. The van der Waals surface area contributed by atoms with Crippen LogP contribution >= 0.6 is 7.82 Å². The fraction of sp³-hybridized carbons (Fsp3) is 1.00. The van der Waals surface area contributed by atoms with E-state index in [2.05, 4.69) is 35.0 Å². The largest absolute Gasteiger partial charge is 0.474 e. The predicted molar refractivity (Wildman–Crippen MR) is 189 cm³/mol. The molecule has 0 fully saturated rings. The molecule has 0 heterocycles. The van der Waals surface area contributed by atoms with Crippen molar-refractivity contribution in [3.63, 3.8) is 0 Å². The van der Waals surface area contributed by atoms with Crippen LogP contribution in [0.1, 0.15) is 194 Å². The van der Waals surface area contributed by atoms with Gasteiger partial charge in [-0.1, -0.05) is 181 Å². The quantitative estimate of drug-likeness (QED) is 0.0391. The normalized spacial score (nSPS) is 12.4. The van der Waals surface area contributed by atoms with Gasteiger partial charge in [0.1, 0.15) is 13.2 Å². The van der Waals surface area contributed by atoms with Gasteiger partial charge in [-0.15, -0.1) is 0 Å². The maximum atomic E-state index is 13.3. The van der Waals surface area contributed by atoms with Gasteiger partial charge >= 0.3 is 7.82 Å². The predicted octanol–water partition coefficient (Wildman–Crippen LogP) is 12.8. The smallest absolute Gasteiger partial charge is 0.329 e. The van der Waals surface area contributed by atoms with Crippen LogP contribution in [0.5, 0.6) is 0 Å². The Morgan fingerprint density at radius 3 is 0.860 bits per heavy atom. The number of phosphoric ester groups is 1. The van der Waals surface area contributed by atoms with E-state index in [9.17, 15) is 4.57 Å². The van der Waals surface area contributed by atoms with Gasteiger partial charge in [-0.25, -0.2) is 4.57 Å². The zero-order chi connectivity index (χ0) is 31.7. The van der Waals surface area contributed by atoms with Gasteiger partial charge in [0.25, 0.3) is 0 Å². The van der Waals surface area contributed by atoms with Crippen LogP contribution in [0.4, 0.5) is 0 Å². The lowest BCUT2D eigenvalue weighted by Crippen LogP contribution is -2.37. The first-order valence-electron chi connectivity index (χ1n) is 19.2. The highest BCUT2D eigenvalue weighted by Crippen LogP contribution is 2.49. The van der Waals surface area contributed by atoms with Gasteiger partial charge in [0.15, 0.2) is 0 Å². The molecule has 0 aliphatic rings. The molecule has 43 heavy (non-hydrogen) atoms. The molecule has 6 heteroatoms. The number of quaternary nitrogens is 1. The lowest BCUT2D eigenvalue weighted by Gasteiger charge is -2.25. The van der Waals surface area contributed by atoms with E-state index in [1.165, 1.54) is 154 Å². The van der Waals surface area contributed by atoms with Gasteiger partial charge in [0, 0.05) is 0 Å². The molecular formula is C37H79NO4P+. The second-order valence-electron chi connectivity index (χ2n) is 14.2. The minimum atomic E-state index is -3.49. The van der Waals surface area contributed by atoms with Crippen molar-refractivity contribution in [2.24, 2.45) is 0 Å². The lowest BCUT2D eigenvalue weighted by atomic mass is 10.0. The molecule has 5 nitrogen and oxygen atoms in total. The van der Waals surface area contributed by atoms with Gasteiger partial charge in [-0.2, -0.15) is 0 Å². The van der Waals surface area contributed by atoms with Crippen LogP contribution in [-0.2, 0) is 18.1 Å². The summed E-state index contributed by atoms with van der Waals surface area (Å²) in [5.74, 6) is 0. The first-order valence-corrected chi connectivity index (χ1v) is 20.6. The van der Waals surface area contributed by atoms with Crippen molar-refractivity contribution in [3.05, 3.63) is 0 Å². The Morgan fingerprint density at radius 2 is 0.605 bits per heavy atom. The van der Waals surface area contributed by atoms with Gasteiger partial charge in [-0.3, -0.25) is 13.6 Å². The van der Waals surface area contributed by atoms with E-state index in [0.29, 0.717) is 19.8 Å². The summed E-state index contributed by atoms with van der Waals surface area (Å²) in [4.78, 5) is 0. The average molecular weight is 633 g/mol. The molecule has 0 atom stereocenters. The van der Waals surface area contributed by atoms with Crippen LogP contribution in [-0.4, -0.2) is 52.0 Å².